The van der Waals surface area contributed by atoms with Gasteiger partial charge in [-0.05, 0) is 6.42 Å². The summed E-state index contributed by atoms with van der Waals surface area (Å²) in [5.74, 6) is -0.443. The number of hydrogen-bond donors (Lipinski definition) is 0. The molecule has 0 aliphatic rings. The molecule has 0 aromatic carbocycles. The molecule has 8 heteroatoms. The molecule has 0 fully saturated rings. The topological polar surface area (TPSA) is 55.8 Å². The highest BCUT2D eigenvalue weighted by atomic mass is 19.4. The van der Waals surface area contributed by atoms with E-state index in [0.29, 0.717) is 6.42 Å². The number of methoxy groups -OCH3 is 1. The monoisotopic (exact) mass is 257 g/mol. The highest BCUT2D eigenvalue weighted by molar-refractivity contribution is 5.69. The smallest absolute Gasteiger partial charge is 0.422 e. The Morgan fingerprint density at radius 2 is 1.88 bits per heavy atom. The van der Waals surface area contributed by atoms with Gasteiger partial charge in [-0.3, -0.25) is 4.79 Å². The fraction of sp³-hybridized carbons (Fsp3) is 0.778. The van der Waals surface area contributed by atoms with Gasteiger partial charge in [0.05, 0.1) is 7.11 Å². The molecular weight excluding hydrogens is 243 g/mol. The van der Waals surface area contributed by atoms with Gasteiger partial charge in [-0.25, -0.2) is 4.79 Å². The number of alkyl halides is 3. The molecule has 0 radical (unpaired) electrons. The van der Waals surface area contributed by atoms with Gasteiger partial charge in [0.15, 0.2) is 6.61 Å². The minimum Gasteiger partial charge on any atom is -0.469 e. The zero-order chi connectivity index (χ0) is 13.5. The van der Waals surface area contributed by atoms with Crippen molar-refractivity contribution in [2.45, 2.75) is 19.0 Å². The van der Waals surface area contributed by atoms with Crippen LogP contribution in [0.15, 0.2) is 0 Å². The minimum atomic E-state index is -4.54. The third-order valence-corrected chi connectivity index (χ3v) is 1.77. The normalized spacial score (nSPS) is 10.9. The maximum atomic E-state index is 11.7. The Balaban J connectivity index is 3.79. The predicted molar refractivity (Wildman–Crippen MR) is 51.3 cm³/mol. The van der Waals surface area contributed by atoms with E-state index in [0.717, 1.165) is 4.90 Å². The first-order chi connectivity index (χ1) is 7.76. The van der Waals surface area contributed by atoms with Crippen molar-refractivity contribution in [3.05, 3.63) is 0 Å². The lowest BCUT2D eigenvalue weighted by Gasteiger charge is -2.17. The van der Waals surface area contributed by atoms with Crippen LogP contribution in [0.5, 0.6) is 0 Å². The Labute approximate surface area is 96.5 Å². The third-order valence-electron chi connectivity index (χ3n) is 1.77. The number of carbonyl (C=O) groups is 2. The Bertz CT molecular complexity index is 267. The maximum Gasteiger partial charge on any atom is 0.422 e. The van der Waals surface area contributed by atoms with Crippen LogP contribution < -0.4 is 0 Å². The van der Waals surface area contributed by atoms with Crippen molar-refractivity contribution < 1.29 is 32.2 Å². The van der Waals surface area contributed by atoms with Crippen molar-refractivity contribution >= 4 is 12.1 Å². The largest absolute Gasteiger partial charge is 0.469 e. The lowest BCUT2D eigenvalue weighted by Crippen LogP contribution is -2.32. The first kappa shape index (κ1) is 15.5. The van der Waals surface area contributed by atoms with Gasteiger partial charge in [-0.2, -0.15) is 13.2 Å². The average molecular weight is 257 g/mol. The molecule has 0 aliphatic heterocycles. The van der Waals surface area contributed by atoms with Gasteiger partial charge in [-0.1, -0.05) is 0 Å². The second-order valence-corrected chi connectivity index (χ2v) is 3.27. The van der Waals surface area contributed by atoms with Crippen LogP contribution in [0.3, 0.4) is 0 Å². The lowest BCUT2D eigenvalue weighted by atomic mass is 10.3. The number of carbonyl (C=O) groups excluding carboxylic acids is 2. The van der Waals surface area contributed by atoms with Crippen LogP contribution in [-0.2, 0) is 14.3 Å². The first-order valence-corrected chi connectivity index (χ1v) is 4.77. The van der Waals surface area contributed by atoms with Crippen LogP contribution in [0.2, 0.25) is 0 Å². The summed E-state index contributed by atoms with van der Waals surface area (Å²) in [5, 5.41) is 0. The van der Waals surface area contributed by atoms with Crippen molar-refractivity contribution in [3.63, 3.8) is 0 Å². The average Bonchev–Trinajstić information content (AvgIpc) is 2.24. The maximum absolute atomic E-state index is 11.7. The Morgan fingerprint density at radius 3 is 2.35 bits per heavy atom. The first-order valence-electron chi connectivity index (χ1n) is 4.77. The highest BCUT2D eigenvalue weighted by Gasteiger charge is 2.30. The van der Waals surface area contributed by atoms with Crippen molar-refractivity contribution in [2.75, 3.05) is 27.3 Å². The minimum absolute atomic E-state index is 0.0907. The van der Waals surface area contributed by atoms with Crippen molar-refractivity contribution in [1.82, 2.24) is 4.90 Å². The van der Waals surface area contributed by atoms with Gasteiger partial charge in [0.25, 0.3) is 0 Å². The number of halogens is 3. The molecule has 0 unspecified atom stereocenters. The second kappa shape index (κ2) is 6.97. The van der Waals surface area contributed by atoms with Crippen LogP contribution in [-0.4, -0.2) is 50.4 Å². The van der Waals surface area contributed by atoms with E-state index in [-0.39, 0.29) is 13.0 Å². The molecular formula is C9H14F3NO4. The second-order valence-electron chi connectivity index (χ2n) is 3.27. The van der Waals surface area contributed by atoms with E-state index in [1.807, 2.05) is 0 Å². The number of hydrogen-bond acceptors (Lipinski definition) is 4. The molecule has 100 valence electrons. The van der Waals surface area contributed by atoms with E-state index in [1.165, 1.54) is 14.2 Å². The van der Waals surface area contributed by atoms with E-state index in [4.69, 9.17) is 0 Å². The number of nitrogens with zero attached hydrogens (tertiary/aromatic N) is 1. The summed E-state index contributed by atoms with van der Waals surface area (Å²) in [6.45, 7) is -1.50. The predicted octanol–water partition coefficient (Wildman–Crippen LogP) is 1.57. The summed E-state index contributed by atoms with van der Waals surface area (Å²) in [5.41, 5.74) is 0. The molecule has 0 aromatic rings. The molecule has 0 N–H and O–H groups in total. The van der Waals surface area contributed by atoms with Crippen LogP contribution in [0.1, 0.15) is 12.8 Å². The van der Waals surface area contributed by atoms with Crippen molar-refractivity contribution in [2.24, 2.45) is 0 Å². The van der Waals surface area contributed by atoms with E-state index >= 15 is 0 Å². The summed E-state index contributed by atoms with van der Waals surface area (Å²) in [7, 11) is 2.51. The molecule has 1 amide bonds. The zero-order valence-electron chi connectivity index (χ0n) is 9.54. The SMILES string of the molecule is COC(=O)CCCN(C)C(=O)OCC(F)(F)F. The van der Waals surface area contributed by atoms with E-state index < -0.39 is 24.8 Å². The summed E-state index contributed by atoms with van der Waals surface area (Å²) in [6.07, 6.45) is -5.23. The number of amides is 1. The standard InChI is InChI=1S/C9H14F3NO4/c1-13(5-3-4-7(14)16-2)8(15)17-6-9(10,11)12/h3-6H2,1-2H3. The Kier molecular flexibility index (Phi) is 6.37. The molecule has 0 bridgehead atoms. The van der Waals surface area contributed by atoms with Crippen LogP contribution in [0.25, 0.3) is 0 Å². The zero-order valence-corrected chi connectivity index (χ0v) is 9.54. The summed E-state index contributed by atoms with van der Waals surface area (Å²) < 4.78 is 43.5. The molecule has 0 aromatic heterocycles. The third kappa shape index (κ3) is 8.35. The quantitative estimate of drug-likeness (QED) is 0.701. The molecule has 0 saturated carbocycles. The molecule has 0 heterocycles. The molecule has 0 atom stereocenters. The summed E-state index contributed by atoms with van der Waals surface area (Å²) in [6, 6.07) is 0. The van der Waals surface area contributed by atoms with Gasteiger partial charge >= 0.3 is 18.2 Å². The molecule has 0 spiro atoms. The molecule has 0 aliphatic carbocycles. The number of esters is 1. The Morgan fingerprint density at radius 1 is 1.29 bits per heavy atom. The van der Waals surface area contributed by atoms with Gasteiger partial charge in [0, 0.05) is 20.0 Å². The van der Waals surface area contributed by atoms with Gasteiger partial charge < -0.3 is 14.4 Å². The van der Waals surface area contributed by atoms with Gasteiger partial charge in [-0.15, -0.1) is 0 Å². The summed E-state index contributed by atoms with van der Waals surface area (Å²) in [4.78, 5) is 22.7. The van der Waals surface area contributed by atoms with Gasteiger partial charge in [0.1, 0.15) is 0 Å². The molecule has 0 rings (SSSR count). The van der Waals surface area contributed by atoms with Crippen LogP contribution >= 0.6 is 0 Å². The van der Waals surface area contributed by atoms with E-state index in [1.54, 1.807) is 0 Å². The fourth-order valence-corrected chi connectivity index (χ4v) is 0.908. The van der Waals surface area contributed by atoms with E-state index in [9.17, 15) is 22.8 Å². The van der Waals surface area contributed by atoms with E-state index in [2.05, 4.69) is 9.47 Å². The van der Waals surface area contributed by atoms with Gasteiger partial charge in [0.2, 0.25) is 0 Å². The number of rotatable bonds is 5. The lowest BCUT2D eigenvalue weighted by molar-refractivity contribution is -0.162. The molecule has 0 saturated heterocycles. The Hall–Kier alpha value is -1.47. The summed E-state index contributed by atoms with van der Waals surface area (Å²) >= 11 is 0. The molecule has 17 heavy (non-hydrogen) atoms. The molecule has 5 nitrogen and oxygen atoms in total. The highest BCUT2D eigenvalue weighted by Crippen LogP contribution is 2.14. The van der Waals surface area contributed by atoms with Crippen LogP contribution in [0, 0.1) is 0 Å². The number of ether oxygens (including phenoxy) is 2. The fourth-order valence-electron chi connectivity index (χ4n) is 0.908. The van der Waals surface area contributed by atoms with Crippen molar-refractivity contribution in [3.8, 4) is 0 Å². The van der Waals surface area contributed by atoms with Crippen LogP contribution in [0.4, 0.5) is 18.0 Å². The van der Waals surface area contributed by atoms with Crippen molar-refractivity contribution in [1.29, 1.82) is 0 Å².